The summed E-state index contributed by atoms with van der Waals surface area (Å²) in [5.74, 6) is -2.13. The van der Waals surface area contributed by atoms with Gasteiger partial charge in [0.05, 0.1) is 15.9 Å². The first-order valence-corrected chi connectivity index (χ1v) is 8.60. The highest BCUT2D eigenvalue weighted by Gasteiger charge is 2.43. The smallest absolute Gasteiger partial charge is 0.350 e. The molecule has 0 amide bonds. The van der Waals surface area contributed by atoms with Crippen molar-refractivity contribution in [1.29, 1.82) is 0 Å². The summed E-state index contributed by atoms with van der Waals surface area (Å²) in [7, 11) is 2.41. The summed E-state index contributed by atoms with van der Waals surface area (Å²) in [6.07, 6.45) is 3.42. The van der Waals surface area contributed by atoms with Gasteiger partial charge in [0.1, 0.15) is 0 Å². The second-order valence-electron chi connectivity index (χ2n) is 4.94. The van der Waals surface area contributed by atoms with Gasteiger partial charge in [-0.1, -0.05) is 12.2 Å². The van der Waals surface area contributed by atoms with Crippen LogP contribution < -0.4 is 0 Å². The Morgan fingerprint density at radius 2 is 1.73 bits per heavy atom. The van der Waals surface area contributed by atoms with Crippen LogP contribution >= 0.6 is 21.8 Å². The maximum atomic E-state index is 12.2. The van der Waals surface area contributed by atoms with E-state index in [2.05, 4.69) is 17.6 Å². The van der Waals surface area contributed by atoms with Gasteiger partial charge >= 0.3 is 11.9 Å². The van der Waals surface area contributed by atoms with Crippen LogP contribution in [0.25, 0.3) is 0 Å². The van der Waals surface area contributed by atoms with Crippen LogP contribution in [0.2, 0.25) is 0 Å². The predicted octanol–water partition coefficient (Wildman–Crippen LogP) is 2.46. The first-order valence-electron chi connectivity index (χ1n) is 6.49. The van der Waals surface area contributed by atoms with Crippen LogP contribution in [0.3, 0.4) is 0 Å². The van der Waals surface area contributed by atoms with Gasteiger partial charge < -0.3 is 14.4 Å². The lowest BCUT2D eigenvalue weighted by Gasteiger charge is -2.31. The van der Waals surface area contributed by atoms with Crippen molar-refractivity contribution >= 4 is 39.5 Å². The molecule has 0 aromatic carbocycles. The fraction of sp³-hybridized carbons (Fsp3) is 0.357. The lowest BCUT2D eigenvalue weighted by atomic mass is 10.2. The van der Waals surface area contributed by atoms with Gasteiger partial charge in [0.25, 0.3) is 5.79 Å². The van der Waals surface area contributed by atoms with Crippen molar-refractivity contribution in [3.8, 4) is 0 Å². The fourth-order valence-electron chi connectivity index (χ4n) is 1.92. The number of rotatable bonds is 4. The van der Waals surface area contributed by atoms with Gasteiger partial charge in [-0.15, -0.1) is 13.2 Å². The average molecular weight is 340 g/mol. The number of hydrogen-bond donors (Lipinski definition) is 0. The van der Waals surface area contributed by atoms with Crippen molar-refractivity contribution < 1.29 is 19.1 Å². The second kappa shape index (κ2) is 6.62. The lowest BCUT2D eigenvalue weighted by molar-refractivity contribution is -0.222. The molecule has 0 unspecified atom stereocenters. The zero-order valence-electron chi connectivity index (χ0n) is 12.3. The van der Waals surface area contributed by atoms with Crippen LogP contribution in [0.5, 0.6) is 0 Å². The molecule has 0 saturated carbocycles. The van der Waals surface area contributed by atoms with Gasteiger partial charge in [0.2, 0.25) is 0 Å². The van der Waals surface area contributed by atoms with E-state index in [1.54, 1.807) is 12.2 Å². The van der Waals surface area contributed by atoms with E-state index in [0.29, 0.717) is 23.8 Å². The molecule has 8 heteroatoms. The van der Waals surface area contributed by atoms with E-state index in [0.717, 1.165) is 0 Å². The maximum Gasteiger partial charge on any atom is 0.350 e. The van der Waals surface area contributed by atoms with Crippen molar-refractivity contribution in [3.05, 3.63) is 35.8 Å². The summed E-state index contributed by atoms with van der Waals surface area (Å²) in [6, 6.07) is 0. The Kier molecular flexibility index (Phi) is 5.02. The number of nitrogens with zero attached hydrogens (tertiary/aromatic N) is 2. The summed E-state index contributed by atoms with van der Waals surface area (Å²) in [5.41, 5.74) is -0.119. The van der Waals surface area contributed by atoms with Crippen LogP contribution in [-0.2, 0) is 19.1 Å². The normalized spacial score (nSPS) is 20.2. The van der Waals surface area contributed by atoms with E-state index < -0.39 is 17.7 Å². The van der Waals surface area contributed by atoms with E-state index in [-0.39, 0.29) is 5.57 Å². The Morgan fingerprint density at radius 1 is 1.18 bits per heavy atom. The number of carbonyl (C=O) groups excluding carboxylic acids is 2. The Labute approximate surface area is 136 Å². The predicted molar refractivity (Wildman–Crippen MR) is 87.9 cm³/mol. The number of cyclic esters (lactones) is 2. The molecule has 1 saturated heterocycles. The first-order chi connectivity index (χ1) is 10.4. The third-order valence-corrected chi connectivity index (χ3v) is 4.58. The summed E-state index contributed by atoms with van der Waals surface area (Å²) in [4.78, 5) is 26.6. The fourth-order valence-corrected chi connectivity index (χ4v) is 3.89. The third-order valence-electron chi connectivity index (χ3n) is 2.76. The first kappa shape index (κ1) is 16.7. The zero-order chi connectivity index (χ0) is 16.3. The molecule has 0 N–H and O–H groups in total. The molecule has 118 valence electrons. The van der Waals surface area contributed by atoms with Crippen molar-refractivity contribution in [2.45, 2.75) is 19.6 Å². The van der Waals surface area contributed by atoms with Crippen molar-refractivity contribution in [2.24, 2.45) is 4.40 Å². The van der Waals surface area contributed by atoms with Crippen molar-refractivity contribution in [1.82, 2.24) is 4.90 Å². The van der Waals surface area contributed by atoms with Gasteiger partial charge in [0, 0.05) is 26.9 Å². The van der Waals surface area contributed by atoms with Crippen LogP contribution in [0.4, 0.5) is 0 Å². The molecular weight excluding hydrogens is 324 g/mol. The van der Waals surface area contributed by atoms with Crippen LogP contribution in [0.1, 0.15) is 13.8 Å². The largest absolute Gasteiger partial charge is 0.419 e. The zero-order valence-corrected chi connectivity index (χ0v) is 14.0. The van der Waals surface area contributed by atoms with Crippen LogP contribution in [0, 0.1) is 0 Å². The number of hydrogen-bond acceptors (Lipinski definition) is 8. The molecule has 0 bridgehead atoms. The van der Waals surface area contributed by atoms with E-state index in [4.69, 9.17) is 9.47 Å². The van der Waals surface area contributed by atoms with E-state index in [1.807, 2.05) is 4.90 Å². The van der Waals surface area contributed by atoms with Gasteiger partial charge in [-0.3, -0.25) is 0 Å². The standard InChI is InChI=1S/C14H16N2O4S2/c1-5-7-16(8-6-2)11-10(21-22-15-11)9-12(17)19-14(3,4)20-13(9)18/h5-6H,1-2,7-8H2,3-4H3. The SMILES string of the molecule is C=CCN(CC=C)C1=NSSC1=C1C(=O)OC(C)(C)OC1=O. The minimum absolute atomic E-state index is 0.119. The number of carbonyl (C=O) groups is 2. The molecule has 2 aliphatic rings. The molecular formula is C14H16N2O4S2. The second-order valence-corrected chi connectivity index (χ2v) is 6.79. The van der Waals surface area contributed by atoms with Crippen LogP contribution in [0.15, 0.2) is 40.2 Å². The summed E-state index contributed by atoms with van der Waals surface area (Å²) < 4.78 is 14.6. The van der Waals surface area contributed by atoms with E-state index in [9.17, 15) is 9.59 Å². The van der Waals surface area contributed by atoms with Gasteiger partial charge in [-0.05, 0) is 10.8 Å². The highest BCUT2D eigenvalue weighted by atomic mass is 33.1. The lowest BCUT2D eigenvalue weighted by Crippen LogP contribution is -2.43. The monoisotopic (exact) mass is 340 g/mol. The Balaban J connectivity index is 2.39. The Bertz CT molecular complexity index is 564. The molecule has 6 nitrogen and oxygen atoms in total. The molecule has 0 spiro atoms. The number of ether oxygens (including phenoxy) is 2. The van der Waals surface area contributed by atoms with Crippen LogP contribution in [-0.4, -0.2) is 41.6 Å². The highest BCUT2D eigenvalue weighted by Crippen LogP contribution is 2.43. The number of amidine groups is 1. The van der Waals surface area contributed by atoms with Gasteiger partial charge in [-0.2, -0.15) is 4.40 Å². The third kappa shape index (κ3) is 3.38. The van der Waals surface area contributed by atoms with Gasteiger partial charge in [0.15, 0.2) is 11.4 Å². The molecule has 1 fully saturated rings. The topological polar surface area (TPSA) is 68.2 Å². The molecule has 0 aromatic heterocycles. The summed E-state index contributed by atoms with van der Waals surface area (Å²) in [6.45, 7) is 11.4. The highest BCUT2D eigenvalue weighted by molar-refractivity contribution is 8.78. The van der Waals surface area contributed by atoms with Crippen molar-refractivity contribution in [3.63, 3.8) is 0 Å². The van der Waals surface area contributed by atoms with E-state index in [1.165, 1.54) is 35.6 Å². The Hall–Kier alpha value is -1.67. The number of esters is 2. The molecule has 2 rings (SSSR count). The molecule has 0 radical (unpaired) electrons. The van der Waals surface area contributed by atoms with Crippen molar-refractivity contribution in [2.75, 3.05) is 13.1 Å². The minimum Gasteiger partial charge on any atom is -0.419 e. The molecule has 0 atom stereocenters. The molecule has 2 heterocycles. The minimum atomic E-state index is -1.26. The maximum absolute atomic E-state index is 12.2. The molecule has 2 aliphatic heterocycles. The average Bonchev–Trinajstić information content (AvgIpc) is 2.85. The molecule has 0 aromatic rings. The van der Waals surface area contributed by atoms with E-state index >= 15 is 0 Å². The molecule has 0 aliphatic carbocycles. The summed E-state index contributed by atoms with van der Waals surface area (Å²) >= 11 is 0. The molecule has 22 heavy (non-hydrogen) atoms. The summed E-state index contributed by atoms with van der Waals surface area (Å²) in [5, 5.41) is 0. The quantitative estimate of drug-likeness (QED) is 0.194. The van der Waals surface area contributed by atoms with Gasteiger partial charge in [-0.25, -0.2) is 9.59 Å². The Morgan fingerprint density at radius 3 is 2.23 bits per heavy atom.